The van der Waals surface area contributed by atoms with Crippen molar-refractivity contribution in [1.29, 1.82) is 0 Å². The number of aromatic nitrogens is 3. The van der Waals surface area contributed by atoms with Crippen LogP contribution in [-0.4, -0.2) is 41.4 Å². The Kier molecular flexibility index (Phi) is 4.86. The molecule has 0 aromatic carbocycles. The summed E-state index contributed by atoms with van der Waals surface area (Å²) in [7, 11) is -1.74. The molecule has 0 spiro atoms. The SMILES string of the molecule is Cn1cnc(CCNS(=O)(=O)c2ccc(CCO)s2)n1. The van der Waals surface area contributed by atoms with Gasteiger partial charge in [0.15, 0.2) is 5.82 Å². The van der Waals surface area contributed by atoms with E-state index in [0.29, 0.717) is 18.7 Å². The first kappa shape index (κ1) is 15.1. The summed E-state index contributed by atoms with van der Waals surface area (Å²) < 4.78 is 28.4. The van der Waals surface area contributed by atoms with Crippen molar-refractivity contribution in [3.8, 4) is 0 Å². The third-order valence-electron chi connectivity index (χ3n) is 2.55. The summed E-state index contributed by atoms with van der Waals surface area (Å²) in [6.45, 7) is 0.262. The fourth-order valence-corrected chi connectivity index (χ4v) is 4.03. The summed E-state index contributed by atoms with van der Waals surface area (Å²) in [5, 5.41) is 12.9. The minimum Gasteiger partial charge on any atom is -0.396 e. The number of nitrogens with one attached hydrogen (secondary N) is 1. The molecule has 9 heteroatoms. The van der Waals surface area contributed by atoms with E-state index in [1.807, 2.05) is 0 Å². The first-order chi connectivity index (χ1) is 9.51. The lowest BCUT2D eigenvalue weighted by molar-refractivity contribution is 0.300. The first-order valence-electron chi connectivity index (χ1n) is 6.05. The number of hydrogen-bond donors (Lipinski definition) is 2. The van der Waals surface area contributed by atoms with Crippen molar-refractivity contribution >= 4 is 21.4 Å². The van der Waals surface area contributed by atoms with Crippen molar-refractivity contribution in [2.45, 2.75) is 17.1 Å². The highest BCUT2D eigenvalue weighted by molar-refractivity contribution is 7.91. The fourth-order valence-electron chi connectivity index (χ4n) is 1.61. The minimum absolute atomic E-state index is 0.0127. The lowest BCUT2D eigenvalue weighted by Gasteiger charge is -2.02. The quantitative estimate of drug-likeness (QED) is 0.745. The molecule has 20 heavy (non-hydrogen) atoms. The second-order valence-corrected chi connectivity index (χ2v) is 7.34. The summed E-state index contributed by atoms with van der Waals surface area (Å²) in [6, 6.07) is 3.27. The predicted molar refractivity (Wildman–Crippen MR) is 75.0 cm³/mol. The lowest BCUT2D eigenvalue weighted by Crippen LogP contribution is -2.25. The summed E-state index contributed by atoms with van der Waals surface area (Å²) in [6.07, 6.45) is 2.48. The number of hydrogen-bond acceptors (Lipinski definition) is 6. The Hall–Kier alpha value is -1.29. The molecule has 0 atom stereocenters. The van der Waals surface area contributed by atoms with Crippen LogP contribution < -0.4 is 4.72 Å². The van der Waals surface area contributed by atoms with Crippen molar-refractivity contribution in [3.63, 3.8) is 0 Å². The Bertz CT molecular complexity index is 663. The van der Waals surface area contributed by atoms with Gasteiger partial charge in [-0.2, -0.15) is 5.10 Å². The molecule has 2 aromatic heterocycles. The number of aryl methyl sites for hydroxylation is 1. The Morgan fingerprint density at radius 1 is 1.40 bits per heavy atom. The zero-order chi connectivity index (χ0) is 14.6. The smallest absolute Gasteiger partial charge is 0.250 e. The predicted octanol–water partition coefficient (Wildman–Crippen LogP) is -0.0676. The van der Waals surface area contributed by atoms with Gasteiger partial charge < -0.3 is 5.11 Å². The number of thiophene rings is 1. The average molecular weight is 316 g/mol. The summed E-state index contributed by atoms with van der Waals surface area (Å²) in [5.41, 5.74) is 0. The molecule has 2 heterocycles. The van der Waals surface area contributed by atoms with E-state index < -0.39 is 10.0 Å². The van der Waals surface area contributed by atoms with E-state index in [0.717, 1.165) is 4.88 Å². The summed E-state index contributed by atoms with van der Waals surface area (Å²) >= 11 is 1.17. The van der Waals surface area contributed by atoms with Crippen molar-refractivity contribution in [2.24, 2.45) is 7.05 Å². The molecule has 0 bridgehead atoms. The van der Waals surface area contributed by atoms with Crippen LogP contribution in [0.3, 0.4) is 0 Å². The van der Waals surface area contributed by atoms with E-state index in [4.69, 9.17) is 5.11 Å². The van der Waals surface area contributed by atoms with Crippen LogP contribution in [0, 0.1) is 0 Å². The van der Waals surface area contributed by atoms with Gasteiger partial charge >= 0.3 is 0 Å². The van der Waals surface area contributed by atoms with Crippen LogP contribution in [0.25, 0.3) is 0 Å². The van der Waals surface area contributed by atoms with E-state index >= 15 is 0 Å². The number of sulfonamides is 1. The molecule has 0 amide bonds. The molecule has 0 fully saturated rings. The van der Waals surface area contributed by atoms with Crippen molar-refractivity contribution in [2.75, 3.05) is 13.2 Å². The third-order valence-corrected chi connectivity index (χ3v) is 5.65. The molecule has 0 aliphatic rings. The van der Waals surface area contributed by atoms with Crippen LogP contribution in [0.1, 0.15) is 10.7 Å². The number of aliphatic hydroxyl groups excluding tert-OH is 1. The molecule has 2 N–H and O–H groups in total. The van der Waals surface area contributed by atoms with Crippen LogP contribution in [-0.2, 0) is 29.9 Å². The third kappa shape index (κ3) is 3.85. The maximum atomic E-state index is 12.0. The number of aliphatic hydroxyl groups is 1. The topological polar surface area (TPSA) is 97.1 Å². The standard InChI is InChI=1S/C11H16N4O3S2/c1-15-8-12-10(14-15)4-6-13-20(17,18)11-3-2-9(19-11)5-7-16/h2-3,8,13,16H,4-7H2,1H3. The first-order valence-corrected chi connectivity index (χ1v) is 8.35. The lowest BCUT2D eigenvalue weighted by atomic mass is 10.4. The zero-order valence-electron chi connectivity index (χ0n) is 11.0. The van der Waals surface area contributed by atoms with Gasteiger partial charge in [0.2, 0.25) is 10.0 Å². The molecule has 0 aliphatic carbocycles. The Labute approximate surface area is 121 Å². The molecule has 0 radical (unpaired) electrons. The average Bonchev–Trinajstić information content (AvgIpc) is 2.99. The molecule has 0 saturated carbocycles. The van der Waals surface area contributed by atoms with Gasteiger partial charge in [-0.25, -0.2) is 18.1 Å². The van der Waals surface area contributed by atoms with Crippen LogP contribution >= 0.6 is 11.3 Å². The highest BCUT2D eigenvalue weighted by Crippen LogP contribution is 2.21. The van der Waals surface area contributed by atoms with Gasteiger partial charge in [0.05, 0.1) is 0 Å². The van der Waals surface area contributed by atoms with Gasteiger partial charge in [0.1, 0.15) is 10.5 Å². The van der Waals surface area contributed by atoms with Crippen molar-refractivity contribution in [1.82, 2.24) is 19.5 Å². The molecule has 0 aliphatic heterocycles. The molecule has 110 valence electrons. The van der Waals surface area contributed by atoms with Gasteiger partial charge in [-0.3, -0.25) is 4.68 Å². The Morgan fingerprint density at radius 3 is 2.85 bits per heavy atom. The summed E-state index contributed by atoms with van der Waals surface area (Å²) in [5.74, 6) is 0.599. The highest BCUT2D eigenvalue weighted by atomic mass is 32.2. The number of rotatable bonds is 7. The minimum atomic E-state index is -3.50. The molecule has 0 unspecified atom stereocenters. The maximum absolute atomic E-state index is 12.0. The molecule has 2 aromatic rings. The zero-order valence-corrected chi connectivity index (χ0v) is 12.6. The van der Waals surface area contributed by atoms with Crippen LogP contribution in [0.4, 0.5) is 0 Å². The fraction of sp³-hybridized carbons (Fsp3) is 0.455. The van der Waals surface area contributed by atoms with E-state index in [9.17, 15) is 8.42 Å². The van der Waals surface area contributed by atoms with Crippen LogP contribution in [0.15, 0.2) is 22.7 Å². The van der Waals surface area contributed by atoms with E-state index in [1.165, 1.54) is 11.3 Å². The number of nitrogens with zero attached hydrogens (tertiary/aromatic N) is 3. The second-order valence-electron chi connectivity index (χ2n) is 4.18. The largest absolute Gasteiger partial charge is 0.396 e. The van der Waals surface area contributed by atoms with Crippen LogP contribution in [0.2, 0.25) is 0 Å². The van der Waals surface area contributed by atoms with Gasteiger partial charge in [0.25, 0.3) is 0 Å². The van der Waals surface area contributed by atoms with Gasteiger partial charge in [-0.05, 0) is 12.1 Å². The monoisotopic (exact) mass is 316 g/mol. The van der Waals surface area contributed by atoms with Crippen LogP contribution in [0.5, 0.6) is 0 Å². The van der Waals surface area contributed by atoms with E-state index in [1.54, 1.807) is 30.2 Å². The normalized spacial score (nSPS) is 11.9. The molecular weight excluding hydrogens is 300 g/mol. The Balaban J connectivity index is 1.92. The second kappa shape index (κ2) is 6.44. The van der Waals surface area contributed by atoms with E-state index in [2.05, 4.69) is 14.8 Å². The van der Waals surface area contributed by atoms with Crippen molar-refractivity contribution in [3.05, 3.63) is 29.2 Å². The van der Waals surface area contributed by atoms with Gasteiger partial charge in [-0.1, -0.05) is 0 Å². The summed E-state index contributed by atoms with van der Waals surface area (Å²) in [4.78, 5) is 4.87. The molecule has 0 saturated heterocycles. The van der Waals surface area contributed by atoms with Gasteiger partial charge in [0, 0.05) is 37.9 Å². The maximum Gasteiger partial charge on any atom is 0.250 e. The van der Waals surface area contributed by atoms with E-state index in [-0.39, 0.29) is 17.4 Å². The highest BCUT2D eigenvalue weighted by Gasteiger charge is 2.16. The van der Waals surface area contributed by atoms with Gasteiger partial charge in [-0.15, -0.1) is 11.3 Å². The molecule has 7 nitrogen and oxygen atoms in total. The molecule has 2 rings (SSSR count). The van der Waals surface area contributed by atoms with Crippen molar-refractivity contribution < 1.29 is 13.5 Å². The molecular formula is C11H16N4O3S2. The Morgan fingerprint density at radius 2 is 2.20 bits per heavy atom.